The lowest BCUT2D eigenvalue weighted by Gasteiger charge is -2.27. The average molecular weight is 411 g/mol. The summed E-state index contributed by atoms with van der Waals surface area (Å²) in [5.41, 5.74) is 1.85. The first-order valence-electron chi connectivity index (χ1n) is 10.1. The Balaban J connectivity index is 1.15. The van der Waals surface area contributed by atoms with E-state index in [1.54, 1.807) is 0 Å². The third-order valence-electron chi connectivity index (χ3n) is 5.59. The normalized spacial score (nSPS) is 21.1. The number of hydrogen-bond acceptors (Lipinski definition) is 5. The monoisotopic (exact) mass is 410 g/mol. The van der Waals surface area contributed by atoms with E-state index in [4.69, 9.17) is 14.5 Å². The Bertz CT molecular complexity index is 994. The molecule has 2 aromatic carbocycles. The summed E-state index contributed by atoms with van der Waals surface area (Å²) >= 11 is 1.81. The van der Waals surface area contributed by atoms with Crippen LogP contribution in [0.3, 0.4) is 0 Å². The lowest BCUT2D eigenvalue weighted by molar-refractivity contribution is -0.897. The number of anilines is 1. The number of para-hydroxylation sites is 1. The highest BCUT2D eigenvalue weighted by Gasteiger charge is 2.27. The van der Waals surface area contributed by atoms with E-state index in [2.05, 4.69) is 23.5 Å². The average Bonchev–Trinajstić information content (AvgIpc) is 3.18. The van der Waals surface area contributed by atoms with Gasteiger partial charge in [0.2, 0.25) is 0 Å². The van der Waals surface area contributed by atoms with E-state index in [-0.39, 0.29) is 5.91 Å². The number of hydrogen-bond donors (Lipinski definition) is 2. The van der Waals surface area contributed by atoms with Crippen LogP contribution in [0, 0.1) is 0 Å². The predicted molar refractivity (Wildman–Crippen MR) is 113 cm³/mol. The van der Waals surface area contributed by atoms with E-state index < -0.39 is 0 Å². The van der Waals surface area contributed by atoms with Crippen molar-refractivity contribution in [1.82, 2.24) is 4.98 Å². The highest BCUT2D eigenvalue weighted by molar-refractivity contribution is 7.18. The molecule has 1 amide bonds. The molecule has 6 nitrogen and oxygen atoms in total. The first kappa shape index (κ1) is 18.4. The van der Waals surface area contributed by atoms with Gasteiger partial charge < -0.3 is 19.7 Å². The lowest BCUT2D eigenvalue weighted by Crippen LogP contribution is -3.14. The number of quaternary nitrogens is 1. The zero-order chi connectivity index (χ0) is 19.6. The molecular formula is C22H24N3O3S+. The van der Waals surface area contributed by atoms with Gasteiger partial charge in [-0.3, -0.25) is 4.79 Å². The summed E-state index contributed by atoms with van der Waals surface area (Å²) in [6, 6.07) is 13.9. The zero-order valence-electron chi connectivity index (χ0n) is 16.1. The van der Waals surface area contributed by atoms with Crippen LogP contribution in [-0.4, -0.2) is 43.7 Å². The fourth-order valence-corrected chi connectivity index (χ4v) is 5.20. The number of ether oxygens (including phenoxy) is 2. The largest absolute Gasteiger partial charge is 0.486 e. The molecule has 1 fully saturated rings. The molecule has 1 saturated heterocycles. The van der Waals surface area contributed by atoms with Crippen LogP contribution in [0.2, 0.25) is 0 Å². The number of aromatic nitrogens is 1. The van der Waals surface area contributed by atoms with E-state index in [1.165, 1.54) is 14.6 Å². The van der Waals surface area contributed by atoms with Crippen LogP contribution >= 0.6 is 11.3 Å². The number of fused-ring (bicyclic) bond motifs is 2. The van der Waals surface area contributed by atoms with Gasteiger partial charge in [-0.05, 0) is 24.3 Å². The van der Waals surface area contributed by atoms with Crippen molar-refractivity contribution in [2.75, 3.05) is 38.2 Å². The molecule has 0 unspecified atom stereocenters. The number of benzene rings is 2. The van der Waals surface area contributed by atoms with Gasteiger partial charge >= 0.3 is 0 Å². The van der Waals surface area contributed by atoms with Crippen LogP contribution in [0.4, 0.5) is 5.69 Å². The maximum Gasteiger partial charge on any atom is 0.279 e. The Morgan fingerprint density at radius 2 is 1.90 bits per heavy atom. The van der Waals surface area contributed by atoms with Crippen molar-refractivity contribution in [3.8, 4) is 11.5 Å². The summed E-state index contributed by atoms with van der Waals surface area (Å²) < 4.78 is 12.4. The Kier molecular flexibility index (Phi) is 5.08. The Morgan fingerprint density at radius 1 is 1.10 bits per heavy atom. The summed E-state index contributed by atoms with van der Waals surface area (Å²) in [6.07, 6.45) is 2.15. The molecule has 150 valence electrons. The molecule has 0 spiro atoms. The van der Waals surface area contributed by atoms with Crippen LogP contribution in [0.1, 0.15) is 23.8 Å². The van der Waals surface area contributed by atoms with Gasteiger partial charge in [-0.25, -0.2) is 4.98 Å². The molecule has 2 aliphatic heterocycles. The van der Waals surface area contributed by atoms with Crippen molar-refractivity contribution in [2.24, 2.45) is 0 Å². The molecule has 5 rings (SSSR count). The number of nitrogens with one attached hydrogen (secondary N) is 2. The molecule has 0 saturated carbocycles. The summed E-state index contributed by atoms with van der Waals surface area (Å²) in [6.45, 7) is 3.58. The maximum atomic E-state index is 12.5. The minimum Gasteiger partial charge on any atom is -0.486 e. The molecule has 0 atom stereocenters. The predicted octanol–water partition coefficient (Wildman–Crippen LogP) is 2.47. The molecular weight excluding hydrogens is 386 g/mol. The highest BCUT2D eigenvalue weighted by Crippen LogP contribution is 2.33. The smallest absolute Gasteiger partial charge is 0.279 e. The minimum atomic E-state index is 0.0371. The molecule has 2 aliphatic rings. The van der Waals surface area contributed by atoms with Crippen molar-refractivity contribution in [3.63, 3.8) is 0 Å². The van der Waals surface area contributed by atoms with Crippen molar-refractivity contribution in [2.45, 2.75) is 18.8 Å². The van der Waals surface area contributed by atoms with E-state index >= 15 is 0 Å². The summed E-state index contributed by atoms with van der Waals surface area (Å²) in [4.78, 5) is 18.7. The SMILES string of the molecule is O=C(C[NH+]1CCC(c2nc3ccccc3s2)CC1)Nc1ccc2c(c1)OCCO2. The van der Waals surface area contributed by atoms with Crippen LogP contribution in [-0.2, 0) is 4.79 Å². The molecule has 0 bridgehead atoms. The van der Waals surface area contributed by atoms with Crippen LogP contribution < -0.4 is 19.7 Å². The quantitative estimate of drug-likeness (QED) is 0.694. The van der Waals surface area contributed by atoms with Crippen molar-refractivity contribution < 1.29 is 19.2 Å². The number of carbonyl (C=O) groups excluding carboxylic acids is 1. The van der Waals surface area contributed by atoms with Gasteiger partial charge in [0.1, 0.15) is 13.2 Å². The Morgan fingerprint density at radius 3 is 2.72 bits per heavy atom. The molecule has 3 heterocycles. The molecule has 1 aromatic heterocycles. The third kappa shape index (κ3) is 4.06. The number of likely N-dealkylation sites (tertiary alicyclic amines) is 1. The van der Waals surface area contributed by atoms with Gasteiger partial charge in [0.25, 0.3) is 5.91 Å². The second kappa shape index (κ2) is 8.00. The summed E-state index contributed by atoms with van der Waals surface area (Å²) in [5.74, 6) is 1.97. The molecule has 0 radical (unpaired) electrons. The van der Waals surface area contributed by atoms with Crippen LogP contribution in [0.25, 0.3) is 10.2 Å². The summed E-state index contributed by atoms with van der Waals surface area (Å²) in [5, 5.41) is 4.24. The number of carbonyl (C=O) groups is 1. The van der Waals surface area contributed by atoms with Crippen LogP contribution in [0.15, 0.2) is 42.5 Å². The fraction of sp³-hybridized carbons (Fsp3) is 0.364. The standard InChI is InChI=1S/C22H23N3O3S/c26-21(23-16-5-6-18-19(13-16)28-12-11-27-18)14-25-9-7-15(8-10-25)22-24-17-3-1-2-4-20(17)29-22/h1-6,13,15H,7-12,14H2,(H,23,26)/p+1. The number of thiazole rings is 1. The number of piperidine rings is 1. The number of amides is 1. The second-order valence-electron chi connectivity index (χ2n) is 7.63. The second-order valence-corrected chi connectivity index (χ2v) is 8.69. The van der Waals surface area contributed by atoms with Gasteiger partial charge in [-0.15, -0.1) is 11.3 Å². The lowest BCUT2D eigenvalue weighted by atomic mass is 9.97. The molecule has 0 aliphatic carbocycles. The van der Waals surface area contributed by atoms with Gasteiger partial charge in [0, 0.05) is 30.5 Å². The Labute approximate surface area is 173 Å². The zero-order valence-corrected chi connectivity index (χ0v) is 17.0. The molecule has 7 heteroatoms. The highest BCUT2D eigenvalue weighted by atomic mass is 32.1. The maximum absolute atomic E-state index is 12.5. The van der Waals surface area contributed by atoms with Gasteiger partial charge in [0.15, 0.2) is 18.0 Å². The number of rotatable bonds is 4. The van der Waals surface area contributed by atoms with Crippen molar-refractivity contribution in [1.29, 1.82) is 0 Å². The first-order chi connectivity index (χ1) is 14.2. The van der Waals surface area contributed by atoms with Gasteiger partial charge in [0.05, 0.1) is 28.3 Å². The van der Waals surface area contributed by atoms with E-state index in [1.807, 2.05) is 35.6 Å². The third-order valence-corrected chi connectivity index (χ3v) is 6.79. The topological polar surface area (TPSA) is 64.9 Å². The van der Waals surface area contributed by atoms with Gasteiger partial charge in [-0.1, -0.05) is 12.1 Å². The molecule has 2 N–H and O–H groups in total. The first-order valence-corrected chi connectivity index (χ1v) is 10.9. The Hall–Kier alpha value is -2.64. The fourth-order valence-electron chi connectivity index (χ4n) is 4.07. The number of nitrogens with zero attached hydrogens (tertiary/aromatic N) is 1. The van der Waals surface area contributed by atoms with E-state index in [0.29, 0.717) is 31.4 Å². The molecule has 3 aromatic rings. The molecule has 29 heavy (non-hydrogen) atoms. The van der Waals surface area contributed by atoms with E-state index in [9.17, 15) is 4.79 Å². The van der Waals surface area contributed by atoms with E-state index in [0.717, 1.165) is 42.9 Å². The summed E-state index contributed by atoms with van der Waals surface area (Å²) in [7, 11) is 0. The minimum absolute atomic E-state index is 0.0371. The van der Waals surface area contributed by atoms with Crippen molar-refractivity contribution in [3.05, 3.63) is 47.5 Å². The van der Waals surface area contributed by atoms with Gasteiger partial charge in [-0.2, -0.15) is 0 Å². The van der Waals surface area contributed by atoms with Crippen molar-refractivity contribution >= 4 is 33.1 Å². The van der Waals surface area contributed by atoms with Crippen LogP contribution in [0.5, 0.6) is 11.5 Å².